The highest BCUT2D eigenvalue weighted by Crippen LogP contribution is 2.35. The molecule has 2 aromatic rings. The Morgan fingerprint density at radius 2 is 1.75 bits per heavy atom. The fourth-order valence-corrected chi connectivity index (χ4v) is 3.33. The number of benzene rings is 1. The maximum atomic E-state index is 5.46. The van der Waals surface area contributed by atoms with Gasteiger partial charge < -0.3 is 14.8 Å². The summed E-state index contributed by atoms with van der Waals surface area (Å²) in [7, 11) is 3.30. The highest BCUT2D eigenvalue weighted by atomic mass is 16.5. The first-order valence-electron chi connectivity index (χ1n) is 8.80. The van der Waals surface area contributed by atoms with E-state index in [4.69, 9.17) is 19.4 Å². The van der Waals surface area contributed by atoms with Crippen molar-refractivity contribution in [3.63, 3.8) is 0 Å². The fraction of sp³-hybridized carbons (Fsp3) is 0.579. The summed E-state index contributed by atoms with van der Waals surface area (Å²) in [6, 6.07) is 4.42. The van der Waals surface area contributed by atoms with Gasteiger partial charge in [-0.3, -0.25) is 0 Å². The molecule has 1 aromatic carbocycles. The molecule has 5 heteroatoms. The van der Waals surface area contributed by atoms with Crippen LogP contribution in [0.4, 0.5) is 5.82 Å². The average molecular weight is 329 g/mol. The number of hydrogen-bond acceptors (Lipinski definition) is 5. The Kier molecular flexibility index (Phi) is 5.07. The Balaban J connectivity index is 2.09. The number of hydrogen-bond donors (Lipinski definition) is 1. The van der Waals surface area contributed by atoms with Gasteiger partial charge in [-0.15, -0.1) is 0 Å². The van der Waals surface area contributed by atoms with E-state index in [2.05, 4.69) is 19.2 Å². The third-order valence-corrected chi connectivity index (χ3v) is 4.53. The van der Waals surface area contributed by atoms with Crippen molar-refractivity contribution in [2.75, 3.05) is 19.5 Å². The molecule has 3 rings (SSSR count). The van der Waals surface area contributed by atoms with Crippen molar-refractivity contribution < 1.29 is 9.47 Å². The van der Waals surface area contributed by atoms with Gasteiger partial charge >= 0.3 is 0 Å². The van der Waals surface area contributed by atoms with Crippen LogP contribution in [0.5, 0.6) is 11.5 Å². The van der Waals surface area contributed by atoms with Crippen LogP contribution >= 0.6 is 0 Å². The van der Waals surface area contributed by atoms with E-state index in [0.29, 0.717) is 23.5 Å². The summed E-state index contributed by atoms with van der Waals surface area (Å²) < 4.78 is 10.9. The fourth-order valence-electron chi connectivity index (χ4n) is 3.33. The third-order valence-electron chi connectivity index (χ3n) is 4.53. The van der Waals surface area contributed by atoms with Gasteiger partial charge in [-0.1, -0.05) is 26.7 Å². The van der Waals surface area contributed by atoms with Gasteiger partial charge in [0.1, 0.15) is 11.6 Å². The van der Waals surface area contributed by atoms with E-state index in [1.54, 1.807) is 14.2 Å². The van der Waals surface area contributed by atoms with Crippen LogP contribution in [0.1, 0.15) is 45.4 Å². The monoisotopic (exact) mass is 329 g/mol. The molecule has 0 aliphatic heterocycles. The topological polar surface area (TPSA) is 56.3 Å². The molecular formula is C19H27N3O2. The molecule has 1 N–H and O–H groups in total. The number of fused-ring (bicyclic) bond motifs is 1. The minimum atomic E-state index is 0.503. The lowest BCUT2D eigenvalue weighted by atomic mass is 10.1. The van der Waals surface area contributed by atoms with Crippen molar-refractivity contribution in [3.05, 3.63) is 18.0 Å². The Labute approximate surface area is 143 Å². The summed E-state index contributed by atoms with van der Waals surface area (Å²) in [4.78, 5) is 9.56. The maximum absolute atomic E-state index is 5.46. The predicted octanol–water partition coefficient (Wildman–Crippen LogP) is 4.20. The lowest BCUT2D eigenvalue weighted by Gasteiger charge is -2.17. The molecule has 1 saturated carbocycles. The molecule has 1 heterocycles. The van der Waals surface area contributed by atoms with E-state index >= 15 is 0 Å². The molecule has 1 aliphatic rings. The second-order valence-corrected chi connectivity index (χ2v) is 6.94. The normalized spacial score (nSPS) is 15.2. The zero-order chi connectivity index (χ0) is 17.1. The van der Waals surface area contributed by atoms with Gasteiger partial charge in [0.25, 0.3) is 0 Å². The van der Waals surface area contributed by atoms with Crippen LogP contribution in [0.15, 0.2) is 12.1 Å². The third kappa shape index (κ3) is 3.55. The van der Waals surface area contributed by atoms with Crippen molar-refractivity contribution in [3.8, 4) is 11.5 Å². The molecule has 0 amide bonds. The Morgan fingerprint density at radius 3 is 2.38 bits per heavy atom. The van der Waals surface area contributed by atoms with Gasteiger partial charge in [-0.05, 0) is 24.8 Å². The van der Waals surface area contributed by atoms with Crippen LogP contribution in [-0.4, -0.2) is 30.2 Å². The standard InChI is InChI=1S/C19H27N3O2/c1-12(2)9-18-21-15-11-17(24-4)16(23-3)10-14(15)19(22-18)20-13-7-5-6-8-13/h10-13H,5-9H2,1-4H3,(H,20,21,22). The Morgan fingerprint density at radius 1 is 1.08 bits per heavy atom. The van der Waals surface area contributed by atoms with E-state index in [9.17, 15) is 0 Å². The second-order valence-electron chi connectivity index (χ2n) is 6.94. The number of anilines is 1. The average Bonchev–Trinajstić information content (AvgIpc) is 3.06. The SMILES string of the molecule is COc1cc2nc(CC(C)C)nc(NC3CCCC3)c2cc1OC. The van der Waals surface area contributed by atoms with Crippen molar-refractivity contribution in [1.29, 1.82) is 0 Å². The molecule has 0 bridgehead atoms. The molecule has 0 unspecified atom stereocenters. The van der Waals surface area contributed by atoms with E-state index in [-0.39, 0.29) is 0 Å². The molecule has 5 nitrogen and oxygen atoms in total. The minimum absolute atomic E-state index is 0.503. The zero-order valence-electron chi connectivity index (χ0n) is 15.1. The molecular weight excluding hydrogens is 302 g/mol. The molecule has 0 spiro atoms. The van der Waals surface area contributed by atoms with Crippen molar-refractivity contribution in [1.82, 2.24) is 9.97 Å². The Bertz CT molecular complexity index is 709. The van der Waals surface area contributed by atoms with Gasteiger partial charge in [0, 0.05) is 23.9 Å². The van der Waals surface area contributed by atoms with E-state index in [1.807, 2.05) is 12.1 Å². The van der Waals surface area contributed by atoms with Crippen molar-refractivity contribution >= 4 is 16.7 Å². The Hall–Kier alpha value is -2.04. The molecule has 1 aliphatic carbocycles. The number of nitrogens with one attached hydrogen (secondary N) is 1. The first kappa shape index (κ1) is 16.8. The lowest BCUT2D eigenvalue weighted by molar-refractivity contribution is 0.355. The van der Waals surface area contributed by atoms with E-state index in [1.165, 1.54) is 25.7 Å². The largest absolute Gasteiger partial charge is 0.493 e. The molecule has 0 atom stereocenters. The first-order valence-corrected chi connectivity index (χ1v) is 8.80. The summed E-state index contributed by atoms with van der Waals surface area (Å²) in [6.07, 6.45) is 5.85. The van der Waals surface area contributed by atoms with Gasteiger partial charge in [0.2, 0.25) is 0 Å². The van der Waals surface area contributed by atoms with E-state index < -0.39 is 0 Å². The van der Waals surface area contributed by atoms with Gasteiger partial charge in [0.05, 0.1) is 19.7 Å². The lowest BCUT2D eigenvalue weighted by Crippen LogP contribution is -2.17. The zero-order valence-corrected chi connectivity index (χ0v) is 15.1. The summed E-state index contributed by atoms with van der Waals surface area (Å²) >= 11 is 0. The molecule has 1 fully saturated rings. The van der Waals surface area contributed by atoms with Crippen LogP contribution in [0, 0.1) is 5.92 Å². The summed E-state index contributed by atoms with van der Waals surface area (Å²) in [6.45, 7) is 4.37. The molecule has 0 radical (unpaired) electrons. The summed E-state index contributed by atoms with van der Waals surface area (Å²) in [5, 5.41) is 4.63. The number of rotatable bonds is 6. The summed E-state index contributed by atoms with van der Waals surface area (Å²) in [5.74, 6) is 3.72. The summed E-state index contributed by atoms with van der Waals surface area (Å²) in [5.41, 5.74) is 0.902. The molecule has 0 saturated heterocycles. The van der Waals surface area contributed by atoms with Crippen LogP contribution in [0.3, 0.4) is 0 Å². The minimum Gasteiger partial charge on any atom is -0.493 e. The molecule has 130 valence electrons. The van der Waals surface area contributed by atoms with Gasteiger partial charge in [-0.2, -0.15) is 0 Å². The molecule has 1 aromatic heterocycles. The number of nitrogens with zero attached hydrogens (tertiary/aromatic N) is 2. The number of methoxy groups -OCH3 is 2. The quantitative estimate of drug-likeness (QED) is 0.861. The first-order chi connectivity index (χ1) is 11.6. The van der Waals surface area contributed by atoms with Gasteiger partial charge in [-0.25, -0.2) is 9.97 Å². The van der Waals surface area contributed by atoms with Crippen LogP contribution in [0.2, 0.25) is 0 Å². The van der Waals surface area contributed by atoms with Crippen molar-refractivity contribution in [2.45, 2.75) is 52.0 Å². The predicted molar refractivity (Wildman–Crippen MR) is 97.1 cm³/mol. The second kappa shape index (κ2) is 7.24. The van der Waals surface area contributed by atoms with Crippen LogP contribution in [0.25, 0.3) is 10.9 Å². The van der Waals surface area contributed by atoms with Crippen LogP contribution in [-0.2, 0) is 6.42 Å². The smallest absolute Gasteiger partial charge is 0.162 e. The maximum Gasteiger partial charge on any atom is 0.162 e. The van der Waals surface area contributed by atoms with Crippen molar-refractivity contribution in [2.24, 2.45) is 5.92 Å². The highest BCUT2D eigenvalue weighted by molar-refractivity contribution is 5.92. The van der Waals surface area contributed by atoms with Crippen LogP contribution < -0.4 is 14.8 Å². The van der Waals surface area contributed by atoms with Gasteiger partial charge in [0.15, 0.2) is 11.5 Å². The highest BCUT2D eigenvalue weighted by Gasteiger charge is 2.19. The van der Waals surface area contributed by atoms with E-state index in [0.717, 1.165) is 29.0 Å². The number of aromatic nitrogens is 2. The molecule has 24 heavy (non-hydrogen) atoms. The number of ether oxygens (including phenoxy) is 2.